The fourth-order valence-corrected chi connectivity index (χ4v) is 4.50. The van der Waals surface area contributed by atoms with E-state index in [0.717, 1.165) is 12.8 Å². The van der Waals surface area contributed by atoms with Crippen molar-refractivity contribution in [2.24, 2.45) is 5.92 Å². The van der Waals surface area contributed by atoms with Gasteiger partial charge in [-0.25, -0.2) is 12.8 Å². The number of benzene rings is 1. The molecule has 0 radical (unpaired) electrons. The molecule has 3 rings (SSSR count). The molecule has 0 amide bonds. The molecular formula is C14H18FNO3S. The highest BCUT2D eigenvalue weighted by atomic mass is 32.2. The summed E-state index contributed by atoms with van der Waals surface area (Å²) in [6.07, 6.45) is 2.05. The smallest absolute Gasteiger partial charge is 0.246 e. The maximum atomic E-state index is 14.2. The minimum atomic E-state index is -3.79. The molecule has 1 aliphatic carbocycles. The topological polar surface area (TPSA) is 46.6 Å². The number of sulfonamides is 1. The number of halogens is 1. The maximum absolute atomic E-state index is 14.2. The molecule has 1 heterocycles. The standard InChI is InChI=1S/C14H18FNO3S/c1-10-3-2-4-13(14(10)15)20(17,18)16-7-8-19-9-12(16)11-5-6-11/h2-4,11-12H,5-9H2,1H3. The van der Waals surface area contributed by atoms with E-state index < -0.39 is 15.8 Å². The Morgan fingerprint density at radius 1 is 1.35 bits per heavy atom. The van der Waals surface area contributed by atoms with Crippen molar-refractivity contribution in [3.05, 3.63) is 29.6 Å². The zero-order valence-corrected chi connectivity index (χ0v) is 12.2. The summed E-state index contributed by atoms with van der Waals surface area (Å²) < 4.78 is 46.5. The summed E-state index contributed by atoms with van der Waals surface area (Å²) in [5, 5.41) is 0. The van der Waals surface area contributed by atoms with Crippen molar-refractivity contribution in [3.8, 4) is 0 Å². The van der Waals surface area contributed by atoms with E-state index in [1.165, 1.54) is 10.4 Å². The lowest BCUT2D eigenvalue weighted by molar-refractivity contribution is 0.0246. The molecule has 2 fully saturated rings. The van der Waals surface area contributed by atoms with Crippen LogP contribution in [0.2, 0.25) is 0 Å². The molecule has 1 saturated carbocycles. The molecule has 0 N–H and O–H groups in total. The van der Waals surface area contributed by atoms with Gasteiger partial charge in [0.1, 0.15) is 10.7 Å². The predicted molar refractivity (Wildman–Crippen MR) is 72.4 cm³/mol. The Balaban J connectivity index is 1.99. The largest absolute Gasteiger partial charge is 0.378 e. The molecule has 1 aromatic carbocycles. The third-order valence-corrected chi connectivity index (χ3v) is 5.97. The molecule has 20 heavy (non-hydrogen) atoms. The summed E-state index contributed by atoms with van der Waals surface area (Å²) >= 11 is 0. The van der Waals surface area contributed by atoms with Crippen LogP contribution in [0.1, 0.15) is 18.4 Å². The first-order valence-corrected chi connectivity index (χ1v) is 8.30. The van der Waals surface area contributed by atoms with Gasteiger partial charge < -0.3 is 4.74 Å². The minimum Gasteiger partial charge on any atom is -0.378 e. The van der Waals surface area contributed by atoms with E-state index in [2.05, 4.69) is 0 Å². The van der Waals surface area contributed by atoms with Crippen LogP contribution in [0, 0.1) is 18.7 Å². The van der Waals surface area contributed by atoms with Crippen LogP contribution in [-0.2, 0) is 14.8 Å². The number of nitrogens with zero attached hydrogens (tertiary/aromatic N) is 1. The molecule has 1 saturated heterocycles. The van der Waals surface area contributed by atoms with Gasteiger partial charge in [-0.15, -0.1) is 0 Å². The van der Waals surface area contributed by atoms with Gasteiger partial charge in [0.25, 0.3) is 0 Å². The Kier molecular flexibility index (Phi) is 3.56. The predicted octanol–water partition coefficient (Wildman–Crippen LogP) is 1.93. The van der Waals surface area contributed by atoms with Crippen LogP contribution >= 0.6 is 0 Å². The second-order valence-electron chi connectivity index (χ2n) is 5.48. The lowest BCUT2D eigenvalue weighted by atomic mass is 10.2. The normalized spacial score (nSPS) is 24.8. The van der Waals surface area contributed by atoms with Crippen LogP contribution in [-0.4, -0.2) is 38.5 Å². The summed E-state index contributed by atoms with van der Waals surface area (Å²) in [4.78, 5) is -0.218. The first kappa shape index (κ1) is 14.0. The van der Waals surface area contributed by atoms with Crippen molar-refractivity contribution >= 4 is 10.0 Å². The van der Waals surface area contributed by atoms with Gasteiger partial charge in [-0.05, 0) is 37.3 Å². The fraction of sp³-hybridized carbons (Fsp3) is 0.571. The van der Waals surface area contributed by atoms with Gasteiger partial charge in [0.2, 0.25) is 10.0 Å². The summed E-state index contributed by atoms with van der Waals surface area (Å²) in [7, 11) is -3.79. The van der Waals surface area contributed by atoms with Crippen LogP contribution in [0.15, 0.2) is 23.1 Å². The molecular weight excluding hydrogens is 281 g/mol. The Morgan fingerprint density at radius 3 is 2.80 bits per heavy atom. The van der Waals surface area contributed by atoms with E-state index in [1.54, 1.807) is 19.1 Å². The molecule has 110 valence electrons. The monoisotopic (exact) mass is 299 g/mol. The average molecular weight is 299 g/mol. The molecule has 4 nitrogen and oxygen atoms in total. The van der Waals surface area contributed by atoms with E-state index >= 15 is 0 Å². The van der Waals surface area contributed by atoms with Gasteiger partial charge in [0.05, 0.1) is 19.3 Å². The van der Waals surface area contributed by atoms with E-state index in [4.69, 9.17) is 4.74 Å². The molecule has 0 spiro atoms. The number of hydrogen-bond donors (Lipinski definition) is 0. The Bertz CT molecular complexity index is 613. The highest BCUT2D eigenvalue weighted by Gasteiger charge is 2.43. The Labute approximate surface area is 118 Å². The van der Waals surface area contributed by atoms with E-state index in [-0.39, 0.29) is 10.9 Å². The molecule has 1 aromatic rings. The van der Waals surface area contributed by atoms with Crippen LogP contribution in [0.4, 0.5) is 4.39 Å². The summed E-state index contributed by atoms with van der Waals surface area (Å²) in [5.41, 5.74) is 0.349. The summed E-state index contributed by atoms with van der Waals surface area (Å²) in [5.74, 6) is -0.286. The van der Waals surface area contributed by atoms with Crippen molar-refractivity contribution < 1.29 is 17.5 Å². The minimum absolute atomic E-state index is 0.145. The SMILES string of the molecule is Cc1cccc(S(=O)(=O)N2CCOCC2C2CC2)c1F. The number of aryl methyl sites for hydroxylation is 1. The van der Waals surface area contributed by atoms with Crippen LogP contribution in [0.25, 0.3) is 0 Å². The second-order valence-corrected chi connectivity index (χ2v) is 7.34. The Morgan fingerprint density at radius 2 is 2.10 bits per heavy atom. The third-order valence-electron chi connectivity index (χ3n) is 4.02. The molecule has 2 aliphatic rings. The second kappa shape index (κ2) is 5.09. The quantitative estimate of drug-likeness (QED) is 0.857. The van der Waals surface area contributed by atoms with E-state index in [9.17, 15) is 12.8 Å². The summed E-state index contributed by atoms with van der Waals surface area (Å²) in [6.45, 7) is 2.66. The maximum Gasteiger partial charge on any atom is 0.246 e. The van der Waals surface area contributed by atoms with E-state index in [1.807, 2.05) is 0 Å². The first-order valence-electron chi connectivity index (χ1n) is 6.86. The summed E-state index contributed by atoms with van der Waals surface area (Å²) in [6, 6.07) is 4.36. The first-order chi connectivity index (χ1) is 9.51. The third kappa shape index (κ3) is 2.36. The van der Waals surface area contributed by atoms with Gasteiger partial charge in [-0.1, -0.05) is 12.1 Å². The number of rotatable bonds is 3. The highest BCUT2D eigenvalue weighted by molar-refractivity contribution is 7.89. The molecule has 1 unspecified atom stereocenters. The number of morpholine rings is 1. The van der Waals surface area contributed by atoms with E-state index in [0.29, 0.717) is 31.2 Å². The number of ether oxygens (including phenoxy) is 1. The van der Waals surface area contributed by atoms with Crippen LogP contribution < -0.4 is 0 Å². The molecule has 1 aliphatic heterocycles. The van der Waals surface area contributed by atoms with Crippen LogP contribution in [0.3, 0.4) is 0 Å². The molecule has 6 heteroatoms. The van der Waals surface area contributed by atoms with Gasteiger partial charge in [0.15, 0.2) is 0 Å². The fourth-order valence-electron chi connectivity index (χ4n) is 2.70. The highest BCUT2D eigenvalue weighted by Crippen LogP contribution is 2.38. The molecule has 0 bridgehead atoms. The molecule has 1 atom stereocenters. The van der Waals surface area contributed by atoms with Crippen molar-refractivity contribution in [3.63, 3.8) is 0 Å². The zero-order chi connectivity index (χ0) is 14.3. The average Bonchev–Trinajstić information content (AvgIpc) is 3.26. The van der Waals surface area contributed by atoms with Gasteiger partial charge >= 0.3 is 0 Å². The molecule has 0 aromatic heterocycles. The van der Waals surface area contributed by atoms with Crippen LogP contribution in [0.5, 0.6) is 0 Å². The lowest BCUT2D eigenvalue weighted by Crippen LogP contribution is -2.49. The number of hydrogen-bond acceptors (Lipinski definition) is 3. The Hall–Kier alpha value is -0.980. The van der Waals surface area contributed by atoms with Crippen molar-refractivity contribution in [1.82, 2.24) is 4.31 Å². The van der Waals surface area contributed by atoms with Crippen molar-refractivity contribution in [1.29, 1.82) is 0 Å². The van der Waals surface area contributed by atoms with Gasteiger partial charge in [0, 0.05) is 6.54 Å². The van der Waals surface area contributed by atoms with Crippen molar-refractivity contribution in [2.75, 3.05) is 19.8 Å². The van der Waals surface area contributed by atoms with Crippen molar-refractivity contribution in [2.45, 2.75) is 30.7 Å². The van der Waals surface area contributed by atoms with Gasteiger partial charge in [-0.3, -0.25) is 0 Å². The lowest BCUT2D eigenvalue weighted by Gasteiger charge is -2.34. The zero-order valence-electron chi connectivity index (χ0n) is 11.4. The van der Waals surface area contributed by atoms with Gasteiger partial charge in [-0.2, -0.15) is 4.31 Å².